The summed E-state index contributed by atoms with van der Waals surface area (Å²) in [7, 11) is -1.25. The second-order valence-electron chi connectivity index (χ2n) is 4.10. The zero-order valence-corrected chi connectivity index (χ0v) is 10.9. The standard InChI is InChI=1S/C11H16N4O2S/c1-2-18(17)9-5-8(14-7-3-4-7)6-13-10(9)11(16)15-12/h5-7,14H,2-4,12H2,1H3,(H,15,16). The van der Waals surface area contributed by atoms with E-state index in [0.29, 0.717) is 16.7 Å². The van der Waals surface area contributed by atoms with E-state index >= 15 is 0 Å². The number of aromatic nitrogens is 1. The molecule has 4 N–H and O–H groups in total. The molecule has 0 aromatic carbocycles. The van der Waals surface area contributed by atoms with Crippen LogP contribution in [-0.2, 0) is 10.8 Å². The second kappa shape index (κ2) is 5.45. The van der Waals surface area contributed by atoms with Gasteiger partial charge < -0.3 is 5.32 Å². The van der Waals surface area contributed by atoms with Crippen LogP contribution in [0.15, 0.2) is 17.2 Å². The molecule has 2 rings (SSSR count). The van der Waals surface area contributed by atoms with E-state index in [9.17, 15) is 9.00 Å². The van der Waals surface area contributed by atoms with Crippen LogP contribution in [0.3, 0.4) is 0 Å². The zero-order valence-electron chi connectivity index (χ0n) is 10.1. The van der Waals surface area contributed by atoms with Crippen molar-refractivity contribution in [2.24, 2.45) is 5.84 Å². The SMILES string of the molecule is CCS(=O)c1cc(NC2CC2)cnc1C(=O)NN. The number of hydrazine groups is 1. The number of pyridine rings is 1. The van der Waals surface area contributed by atoms with Crippen LogP contribution in [0.1, 0.15) is 30.3 Å². The molecule has 1 aliphatic rings. The average Bonchev–Trinajstić information content (AvgIpc) is 3.20. The van der Waals surface area contributed by atoms with Crippen LogP contribution in [0.25, 0.3) is 0 Å². The lowest BCUT2D eigenvalue weighted by atomic mass is 10.3. The van der Waals surface area contributed by atoms with Gasteiger partial charge in [-0.1, -0.05) is 6.92 Å². The van der Waals surface area contributed by atoms with Crippen molar-refractivity contribution in [1.82, 2.24) is 10.4 Å². The molecule has 0 saturated heterocycles. The number of rotatable bonds is 5. The highest BCUT2D eigenvalue weighted by atomic mass is 32.2. The van der Waals surface area contributed by atoms with Crippen molar-refractivity contribution >= 4 is 22.4 Å². The van der Waals surface area contributed by atoms with Gasteiger partial charge in [0.1, 0.15) is 5.69 Å². The smallest absolute Gasteiger partial charge is 0.285 e. The molecule has 1 saturated carbocycles. The lowest BCUT2D eigenvalue weighted by molar-refractivity contribution is 0.0945. The van der Waals surface area contributed by atoms with Crippen molar-refractivity contribution in [2.75, 3.05) is 11.1 Å². The summed E-state index contributed by atoms with van der Waals surface area (Å²) in [6.45, 7) is 1.79. The Balaban J connectivity index is 2.33. The first-order valence-corrected chi connectivity index (χ1v) is 7.13. The third-order valence-corrected chi connectivity index (χ3v) is 3.98. The van der Waals surface area contributed by atoms with Crippen LogP contribution in [-0.4, -0.2) is 26.9 Å². The first-order chi connectivity index (χ1) is 8.65. The normalized spacial score (nSPS) is 16.1. The third-order valence-electron chi connectivity index (χ3n) is 2.65. The Hall–Kier alpha value is -1.47. The number of anilines is 1. The minimum Gasteiger partial charge on any atom is -0.381 e. The molecule has 1 atom stereocenters. The van der Waals surface area contributed by atoms with Crippen LogP contribution in [0.2, 0.25) is 0 Å². The first-order valence-electron chi connectivity index (χ1n) is 5.81. The van der Waals surface area contributed by atoms with Crippen LogP contribution >= 0.6 is 0 Å². The van der Waals surface area contributed by atoms with E-state index in [2.05, 4.69) is 10.3 Å². The second-order valence-corrected chi connectivity index (χ2v) is 5.81. The molecule has 1 amide bonds. The molecule has 1 unspecified atom stereocenters. The Labute approximate surface area is 108 Å². The Morgan fingerprint density at radius 3 is 2.89 bits per heavy atom. The van der Waals surface area contributed by atoms with Gasteiger partial charge in [0.05, 0.1) is 27.6 Å². The van der Waals surface area contributed by atoms with Crippen molar-refractivity contribution in [3.63, 3.8) is 0 Å². The number of nitrogens with one attached hydrogen (secondary N) is 2. The summed E-state index contributed by atoms with van der Waals surface area (Å²) >= 11 is 0. The van der Waals surface area contributed by atoms with Gasteiger partial charge in [-0.15, -0.1) is 0 Å². The number of carbonyl (C=O) groups excluding carboxylic acids is 1. The lowest BCUT2D eigenvalue weighted by Gasteiger charge is -2.10. The van der Waals surface area contributed by atoms with Crippen molar-refractivity contribution in [3.05, 3.63) is 18.0 Å². The van der Waals surface area contributed by atoms with E-state index in [-0.39, 0.29) is 5.69 Å². The molecule has 1 aromatic rings. The highest BCUT2D eigenvalue weighted by Gasteiger charge is 2.22. The molecule has 1 aromatic heterocycles. The first kappa shape index (κ1) is 13.0. The topological polar surface area (TPSA) is 97.1 Å². The molecule has 0 spiro atoms. The number of nitrogen functional groups attached to an aromatic ring is 1. The van der Waals surface area contributed by atoms with E-state index in [4.69, 9.17) is 5.84 Å². The monoisotopic (exact) mass is 268 g/mol. The quantitative estimate of drug-likeness (QED) is 0.408. The summed E-state index contributed by atoms with van der Waals surface area (Å²) in [5.74, 6) is 5.00. The molecular weight excluding hydrogens is 252 g/mol. The van der Waals surface area contributed by atoms with E-state index in [1.165, 1.54) is 0 Å². The van der Waals surface area contributed by atoms with Gasteiger partial charge in [0.25, 0.3) is 5.91 Å². The number of hydrogen-bond donors (Lipinski definition) is 3. The molecule has 98 valence electrons. The maximum absolute atomic E-state index is 11.9. The Morgan fingerprint density at radius 2 is 2.33 bits per heavy atom. The largest absolute Gasteiger partial charge is 0.381 e. The van der Waals surface area contributed by atoms with Gasteiger partial charge >= 0.3 is 0 Å². The fraction of sp³-hybridized carbons (Fsp3) is 0.455. The van der Waals surface area contributed by atoms with Gasteiger partial charge in [0.15, 0.2) is 0 Å². The fourth-order valence-corrected chi connectivity index (χ4v) is 2.49. The molecule has 0 radical (unpaired) electrons. The minimum atomic E-state index is -1.25. The van der Waals surface area contributed by atoms with Crippen LogP contribution in [0.5, 0.6) is 0 Å². The molecular formula is C11H16N4O2S. The van der Waals surface area contributed by atoms with Crippen molar-refractivity contribution in [3.8, 4) is 0 Å². The predicted octanol–water partition coefficient (Wildman–Crippen LogP) is 0.387. The number of carbonyl (C=O) groups is 1. The zero-order chi connectivity index (χ0) is 13.1. The Morgan fingerprint density at radius 1 is 1.61 bits per heavy atom. The molecule has 18 heavy (non-hydrogen) atoms. The van der Waals surface area contributed by atoms with Gasteiger partial charge in [-0.25, -0.2) is 10.8 Å². The van der Waals surface area contributed by atoms with Crippen molar-refractivity contribution < 1.29 is 9.00 Å². The minimum absolute atomic E-state index is 0.124. The summed E-state index contributed by atoms with van der Waals surface area (Å²) in [6.07, 6.45) is 3.84. The Bertz CT molecular complexity index is 488. The maximum atomic E-state index is 11.9. The van der Waals surface area contributed by atoms with Crippen LogP contribution in [0, 0.1) is 0 Å². The molecule has 7 heteroatoms. The summed E-state index contributed by atoms with van der Waals surface area (Å²) in [5.41, 5.74) is 2.94. The predicted molar refractivity (Wildman–Crippen MR) is 69.5 cm³/mol. The maximum Gasteiger partial charge on any atom is 0.285 e. The molecule has 6 nitrogen and oxygen atoms in total. The molecule has 1 aliphatic carbocycles. The van der Waals surface area contributed by atoms with E-state index in [1.54, 1.807) is 19.2 Å². The summed E-state index contributed by atoms with van der Waals surface area (Å²) in [5, 5.41) is 3.26. The van der Waals surface area contributed by atoms with E-state index in [1.807, 2.05) is 5.43 Å². The molecule has 0 bridgehead atoms. The summed E-state index contributed by atoms with van der Waals surface area (Å²) in [4.78, 5) is 16.0. The van der Waals surface area contributed by atoms with Crippen molar-refractivity contribution in [2.45, 2.75) is 30.7 Å². The van der Waals surface area contributed by atoms with E-state index in [0.717, 1.165) is 18.5 Å². The van der Waals surface area contributed by atoms with Crippen LogP contribution in [0.4, 0.5) is 5.69 Å². The molecule has 1 heterocycles. The van der Waals surface area contributed by atoms with Crippen LogP contribution < -0.4 is 16.6 Å². The molecule has 1 fully saturated rings. The highest BCUT2D eigenvalue weighted by molar-refractivity contribution is 7.85. The number of amides is 1. The number of hydrogen-bond acceptors (Lipinski definition) is 5. The van der Waals surface area contributed by atoms with E-state index < -0.39 is 16.7 Å². The summed E-state index contributed by atoms with van der Waals surface area (Å²) < 4.78 is 11.9. The summed E-state index contributed by atoms with van der Waals surface area (Å²) in [6, 6.07) is 2.19. The number of nitrogens with zero attached hydrogens (tertiary/aromatic N) is 1. The van der Waals surface area contributed by atoms with Gasteiger partial charge in [0, 0.05) is 11.8 Å². The lowest BCUT2D eigenvalue weighted by Crippen LogP contribution is -2.31. The Kier molecular flexibility index (Phi) is 3.93. The molecule has 0 aliphatic heterocycles. The van der Waals surface area contributed by atoms with Gasteiger partial charge in [-0.05, 0) is 18.9 Å². The van der Waals surface area contributed by atoms with Gasteiger partial charge in [-0.3, -0.25) is 14.4 Å². The van der Waals surface area contributed by atoms with Gasteiger partial charge in [0.2, 0.25) is 0 Å². The average molecular weight is 268 g/mol. The fourth-order valence-electron chi connectivity index (χ4n) is 1.55. The van der Waals surface area contributed by atoms with Crippen molar-refractivity contribution in [1.29, 1.82) is 0 Å². The highest BCUT2D eigenvalue weighted by Crippen LogP contribution is 2.26. The number of nitrogens with two attached hydrogens (primary N) is 1. The van der Waals surface area contributed by atoms with Gasteiger partial charge in [-0.2, -0.15) is 0 Å². The third kappa shape index (κ3) is 2.85.